The molecule has 90 valence electrons. The Morgan fingerprint density at radius 3 is 2.65 bits per heavy atom. The summed E-state index contributed by atoms with van der Waals surface area (Å²) in [5.41, 5.74) is 1.83. The fourth-order valence-corrected chi connectivity index (χ4v) is 1.28. The molecular formula is C14H16O3. The fraction of sp³-hybridized carbons (Fsp3) is 0.357. The highest BCUT2D eigenvalue weighted by Crippen LogP contribution is 2.05. The van der Waals surface area contributed by atoms with Crippen LogP contribution in [0.3, 0.4) is 0 Å². The van der Waals surface area contributed by atoms with Gasteiger partial charge in [-0.15, -0.1) is 0 Å². The van der Waals surface area contributed by atoms with Crippen molar-refractivity contribution in [1.82, 2.24) is 0 Å². The van der Waals surface area contributed by atoms with Crippen LogP contribution in [0.1, 0.15) is 24.0 Å². The van der Waals surface area contributed by atoms with Crippen LogP contribution >= 0.6 is 0 Å². The maximum Gasteiger partial charge on any atom is 0.309 e. The van der Waals surface area contributed by atoms with Gasteiger partial charge in [-0.2, -0.15) is 0 Å². The predicted octanol–water partition coefficient (Wildman–Crippen LogP) is 1.53. The quantitative estimate of drug-likeness (QED) is 0.486. The highest BCUT2D eigenvalue weighted by Gasteiger charge is 2.01. The molecule has 0 saturated carbocycles. The van der Waals surface area contributed by atoms with Crippen molar-refractivity contribution in [1.29, 1.82) is 0 Å². The fourth-order valence-electron chi connectivity index (χ4n) is 1.28. The number of ether oxygens (including phenoxy) is 1. The molecular weight excluding hydrogens is 216 g/mol. The van der Waals surface area contributed by atoms with Gasteiger partial charge in [0.05, 0.1) is 13.5 Å². The SMILES string of the molecule is COC(=O)Cc1ccc(C#CCCCO)cc1. The summed E-state index contributed by atoms with van der Waals surface area (Å²) in [6, 6.07) is 7.49. The van der Waals surface area contributed by atoms with Crippen LogP contribution in [-0.4, -0.2) is 24.8 Å². The number of esters is 1. The summed E-state index contributed by atoms with van der Waals surface area (Å²) in [6.45, 7) is 0.173. The number of carbonyl (C=O) groups excluding carboxylic acids is 1. The van der Waals surface area contributed by atoms with Gasteiger partial charge in [0.25, 0.3) is 0 Å². The van der Waals surface area contributed by atoms with Gasteiger partial charge < -0.3 is 9.84 Å². The van der Waals surface area contributed by atoms with E-state index in [9.17, 15) is 4.79 Å². The highest BCUT2D eigenvalue weighted by atomic mass is 16.5. The molecule has 0 aromatic heterocycles. The maximum absolute atomic E-state index is 11.0. The second-order valence-corrected chi connectivity index (χ2v) is 3.58. The number of carbonyl (C=O) groups is 1. The van der Waals surface area contributed by atoms with E-state index in [1.54, 1.807) is 0 Å². The molecule has 0 heterocycles. The molecule has 0 fully saturated rings. The van der Waals surface area contributed by atoms with Crippen LogP contribution in [-0.2, 0) is 16.0 Å². The third kappa shape index (κ3) is 5.19. The van der Waals surface area contributed by atoms with Crippen molar-refractivity contribution in [3.05, 3.63) is 35.4 Å². The molecule has 0 spiro atoms. The number of hydrogen-bond donors (Lipinski definition) is 1. The minimum absolute atomic E-state index is 0.173. The molecule has 0 aliphatic heterocycles. The minimum Gasteiger partial charge on any atom is -0.469 e. The summed E-state index contributed by atoms with van der Waals surface area (Å²) >= 11 is 0. The molecule has 0 radical (unpaired) electrons. The molecule has 0 aliphatic carbocycles. The third-order valence-electron chi connectivity index (χ3n) is 2.22. The Hall–Kier alpha value is -1.79. The van der Waals surface area contributed by atoms with Crippen LogP contribution in [0.2, 0.25) is 0 Å². The van der Waals surface area contributed by atoms with E-state index in [1.165, 1.54) is 7.11 Å². The zero-order valence-corrected chi connectivity index (χ0v) is 9.90. The number of benzene rings is 1. The summed E-state index contributed by atoms with van der Waals surface area (Å²) in [4.78, 5) is 11.0. The van der Waals surface area contributed by atoms with E-state index >= 15 is 0 Å². The normalized spacial score (nSPS) is 9.29. The van der Waals surface area contributed by atoms with Gasteiger partial charge in [-0.05, 0) is 24.1 Å². The first-order chi connectivity index (χ1) is 8.26. The van der Waals surface area contributed by atoms with Crippen molar-refractivity contribution < 1.29 is 14.6 Å². The van der Waals surface area contributed by atoms with E-state index in [0.717, 1.165) is 11.1 Å². The number of aliphatic hydroxyl groups excluding tert-OH is 1. The molecule has 0 saturated heterocycles. The number of aliphatic hydroxyl groups is 1. The predicted molar refractivity (Wildman–Crippen MR) is 65.4 cm³/mol. The first-order valence-corrected chi connectivity index (χ1v) is 5.51. The van der Waals surface area contributed by atoms with Crippen LogP contribution in [0.15, 0.2) is 24.3 Å². The highest BCUT2D eigenvalue weighted by molar-refractivity contribution is 5.72. The molecule has 1 aromatic carbocycles. The molecule has 1 aromatic rings. The second-order valence-electron chi connectivity index (χ2n) is 3.58. The molecule has 3 nitrogen and oxygen atoms in total. The largest absolute Gasteiger partial charge is 0.469 e. The number of methoxy groups -OCH3 is 1. The average molecular weight is 232 g/mol. The zero-order chi connectivity index (χ0) is 12.5. The molecule has 0 bridgehead atoms. The smallest absolute Gasteiger partial charge is 0.309 e. The topological polar surface area (TPSA) is 46.5 Å². The van der Waals surface area contributed by atoms with Gasteiger partial charge in [0.15, 0.2) is 0 Å². The van der Waals surface area contributed by atoms with Crippen molar-refractivity contribution in [2.45, 2.75) is 19.3 Å². The van der Waals surface area contributed by atoms with Gasteiger partial charge in [0.2, 0.25) is 0 Å². The molecule has 17 heavy (non-hydrogen) atoms. The van der Waals surface area contributed by atoms with Crippen LogP contribution < -0.4 is 0 Å². The molecule has 3 heteroatoms. The Balaban J connectivity index is 2.54. The Morgan fingerprint density at radius 1 is 1.35 bits per heavy atom. The van der Waals surface area contributed by atoms with Gasteiger partial charge in [0.1, 0.15) is 0 Å². The summed E-state index contributed by atoms with van der Waals surface area (Å²) in [6.07, 6.45) is 1.68. The first kappa shape index (κ1) is 13.3. The van der Waals surface area contributed by atoms with E-state index in [2.05, 4.69) is 16.6 Å². The molecule has 1 N–H and O–H groups in total. The van der Waals surface area contributed by atoms with Gasteiger partial charge in [-0.3, -0.25) is 4.79 Å². The van der Waals surface area contributed by atoms with Gasteiger partial charge in [0, 0.05) is 18.6 Å². The van der Waals surface area contributed by atoms with E-state index in [4.69, 9.17) is 5.11 Å². The standard InChI is InChI=1S/C14H16O3/c1-17-14(16)11-13-8-6-12(7-9-13)5-3-2-4-10-15/h6-9,15H,2,4,10-11H2,1H3. The molecule has 0 amide bonds. The summed E-state index contributed by atoms with van der Waals surface area (Å²) in [7, 11) is 1.38. The monoisotopic (exact) mass is 232 g/mol. The van der Waals surface area contributed by atoms with Crippen LogP contribution in [0.25, 0.3) is 0 Å². The number of unbranched alkanes of at least 4 members (excludes halogenated alkanes) is 1. The molecule has 1 rings (SSSR count). The molecule has 0 atom stereocenters. The third-order valence-corrected chi connectivity index (χ3v) is 2.22. The lowest BCUT2D eigenvalue weighted by atomic mass is 10.1. The summed E-state index contributed by atoms with van der Waals surface area (Å²) in [5, 5.41) is 8.60. The van der Waals surface area contributed by atoms with Crippen molar-refractivity contribution in [2.75, 3.05) is 13.7 Å². The van der Waals surface area contributed by atoms with E-state index in [1.807, 2.05) is 24.3 Å². The summed E-state index contributed by atoms with van der Waals surface area (Å²) < 4.78 is 4.59. The van der Waals surface area contributed by atoms with Crippen molar-refractivity contribution in [3.8, 4) is 11.8 Å². The lowest BCUT2D eigenvalue weighted by Gasteiger charge is -1.99. The van der Waals surface area contributed by atoms with Crippen LogP contribution in [0.5, 0.6) is 0 Å². The second kappa shape index (κ2) is 7.48. The van der Waals surface area contributed by atoms with Crippen LogP contribution in [0.4, 0.5) is 0 Å². The average Bonchev–Trinajstić information content (AvgIpc) is 2.36. The zero-order valence-electron chi connectivity index (χ0n) is 9.90. The Morgan fingerprint density at radius 2 is 2.06 bits per heavy atom. The van der Waals surface area contributed by atoms with Crippen molar-refractivity contribution in [3.63, 3.8) is 0 Å². The Bertz CT molecular complexity index is 409. The Labute approximate surface area is 101 Å². The van der Waals surface area contributed by atoms with E-state index < -0.39 is 0 Å². The lowest BCUT2D eigenvalue weighted by Crippen LogP contribution is -2.04. The number of rotatable bonds is 4. The van der Waals surface area contributed by atoms with Crippen molar-refractivity contribution in [2.24, 2.45) is 0 Å². The lowest BCUT2D eigenvalue weighted by molar-refractivity contribution is -0.139. The van der Waals surface area contributed by atoms with Crippen molar-refractivity contribution >= 4 is 5.97 Å². The van der Waals surface area contributed by atoms with E-state index in [0.29, 0.717) is 12.8 Å². The summed E-state index contributed by atoms with van der Waals surface area (Å²) in [5.74, 6) is 5.73. The van der Waals surface area contributed by atoms with Gasteiger partial charge in [-0.1, -0.05) is 24.0 Å². The van der Waals surface area contributed by atoms with E-state index in [-0.39, 0.29) is 19.0 Å². The first-order valence-electron chi connectivity index (χ1n) is 5.51. The molecule has 0 aliphatic rings. The van der Waals surface area contributed by atoms with Gasteiger partial charge >= 0.3 is 5.97 Å². The molecule has 0 unspecified atom stereocenters. The number of hydrogen-bond acceptors (Lipinski definition) is 3. The van der Waals surface area contributed by atoms with Gasteiger partial charge in [-0.25, -0.2) is 0 Å². The maximum atomic E-state index is 11.0. The van der Waals surface area contributed by atoms with Crippen LogP contribution in [0, 0.1) is 11.8 Å². The Kier molecular flexibility index (Phi) is 5.84. The minimum atomic E-state index is -0.244.